The molecule has 116 valence electrons. The van der Waals surface area contributed by atoms with E-state index in [-0.39, 0.29) is 28.8 Å². The van der Waals surface area contributed by atoms with Gasteiger partial charge < -0.3 is 10.4 Å². The van der Waals surface area contributed by atoms with Gasteiger partial charge in [0.2, 0.25) is 0 Å². The topological polar surface area (TPSA) is 92.5 Å². The molecule has 0 saturated carbocycles. The quantitative estimate of drug-likeness (QED) is 0.570. The molecule has 0 heterocycles. The van der Waals surface area contributed by atoms with Gasteiger partial charge in [-0.2, -0.15) is 0 Å². The Morgan fingerprint density at radius 2 is 2.19 bits per heavy atom. The summed E-state index contributed by atoms with van der Waals surface area (Å²) in [5, 5.41) is 22.3. The van der Waals surface area contributed by atoms with E-state index in [0.717, 1.165) is 12.8 Å². The van der Waals surface area contributed by atoms with Gasteiger partial charge in [-0.05, 0) is 24.8 Å². The molecular weight excluding hydrogens is 296 g/mol. The summed E-state index contributed by atoms with van der Waals surface area (Å²) in [5.41, 5.74) is -0.199. The smallest absolute Gasteiger partial charge is 0.288 e. The van der Waals surface area contributed by atoms with Crippen molar-refractivity contribution in [1.82, 2.24) is 5.32 Å². The maximum atomic E-state index is 12.1. The normalized spacial score (nSPS) is 12.0. The van der Waals surface area contributed by atoms with Crippen molar-refractivity contribution in [3.05, 3.63) is 38.9 Å². The zero-order chi connectivity index (χ0) is 15.8. The molecule has 0 saturated heterocycles. The Hall–Kier alpha value is -1.66. The number of nitrogens with zero attached hydrogens (tertiary/aromatic N) is 1. The average molecular weight is 315 g/mol. The van der Waals surface area contributed by atoms with Gasteiger partial charge in [-0.15, -0.1) is 0 Å². The summed E-state index contributed by atoms with van der Waals surface area (Å²) in [6, 6.07) is 4.13. The van der Waals surface area contributed by atoms with Crippen LogP contribution in [0.15, 0.2) is 18.2 Å². The molecule has 1 amide bonds. The summed E-state index contributed by atoms with van der Waals surface area (Å²) in [6.45, 7) is 2.51. The second kappa shape index (κ2) is 8.59. The molecule has 0 fully saturated rings. The van der Waals surface area contributed by atoms with Gasteiger partial charge in [0.05, 0.1) is 10.5 Å². The highest BCUT2D eigenvalue weighted by molar-refractivity contribution is 6.35. The number of benzene rings is 1. The van der Waals surface area contributed by atoms with Gasteiger partial charge in [-0.3, -0.25) is 14.9 Å². The number of nitrogens with one attached hydrogen (secondary N) is 1. The minimum absolute atomic E-state index is 0.0676. The van der Waals surface area contributed by atoms with Crippen molar-refractivity contribution in [1.29, 1.82) is 0 Å². The highest BCUT2D eigenvalue weighted by Gasteiger charge is 2.20. The van der Waals surface area contributed by atoms with Gasteiger partial charge in [0, 0.05) is 19.2 Å². The standard InChI is InChI=1S/C14H19ClN2O4/c1-2-4-10(7-8-18)9-16-14(19)11-5-3-6-12(13(11)15)17(20)21/h3,5-6,10,18H,2,4,7-9H2,1H3,(H,16,19). The molecule has 1 rings (SSSR count). The number of hydrogen-bond donors (Lipinski definition) is 2. The fourth-order valence-corrected chi connectivity index (χ4v) is 2.39. The monoisotopic (exact) mass is 314 g/mol. The SMILES string of the molecule is CCCC(CCO)CNC(=O)c1cccc([N+](=O)[O-])c1Cl. The fraction of sp³-hybridized carbons (Fsp3) is 0.500. The van der Waals surface area contributed by atoms with E-state index >= 15 is 0 Å². The lowest BCUT2D eigenvalue weighted by Crippen LogP contribution is -2.30. The molecular formula is C14H19ClN2O4. The fourth-order valence-electron chi connectivity index (χ4n) is 2.11. The first-order valence-corrected chi connectivity index (χ1v) is 7.21. The molecule has 7 heteroatoms. The van der Waals surface area contributed by atoms with E-state index in [4.69, 9.17) is 16.7 Å². The third kappa shape index (κ3) is 4.99. The van der Waals surface area contributed by atoms with E-state index in [2.05, 4.69) is 5.32 Å². The molecule has 21 heavy (non-hydrogen) atoms. The van der Waals surface area contributed by atoms with Crippen LogP contribution in [0.3, 0.4) is 0 Å². The summed E-state index contributed by atoms with van der Waals surface area (Å²) < 4.78 is 0. The number of aliphatic hydroxyl groups is 1. The van der Waals surface area contributed by atoms with Crippen molar-refractivity contribution in [2.45, 2.75) is 26.2 Å². The van der Waals surface area contributed by atoms with Crippen LogP contribution < -0.4 is 5.32 Å². The number of carbonyl (C=O) groups is 1. The van der Waals surface area contributed by atoms with Crippen LogP contribution in [0.25, 0.3) is 0 Å². The van der Waals surface area contributed by atoms with Gasteiger partial charge in [0.15, 0.2) is 0 Å². The summed E-state index contributed by atoms with van der Waals surface area (Å²) in [5.74, 6) is -0.260. The third-order valence-electron chi connectivity index (χ3n) is 3.21. The van der Waals surface area contributed by atoms with Crippen LogP contribution in [0.1, 0.15) is 36.5 Å². The highest BCUT2D eigenvalue weighted by Crippen LogP contribution is 2.27. The van der Waals surface area contributed by atoms with Crippen LogP contribution >= 0.6 is 11.6 Å². The number of nitro benzene ring substituents is 1. The predicted octanol–water partition coefficient (Wildman–Crippen LogP) is 2.78. The molecule has 1 unspecified atom stereocenters. The summed E-state index contributed by atoms with van der Waals surface area (Å²) in [7, 11) is 0. The summed E-state index contributed by atoms with van der Waals surface area (Å²) >= 11 is 5.89. The number of nitro groups is 1. The first kappa shape index (κ1) is 17.4. The molecule has 0 spiro atoms. The molecule has 0 aromatic heterocycles. The second-order valence-corrected chi connectivity index (χ2v) is 5.15. The van der Waals surface area contributed by atoms with E-state index in [9.17, 15) is 14.9 Å². The van der Waals surface area contributed by atoms with Crippen molar-refractivity contribution in [3.8, 4) is 0 Å². The minimum Gasteiger partial charge on any atom is -0.396 e. The first-order valence-electron chi connectivity index (χ1n) is 6.83. The Morgan fingerprint density at radius 3 is 2.76 bits per heavy atom. The van der Waals surface area contributed by atoms with E-state index in [1.54, 1.807) is 0 Å². The van der Waals surface area contributed by atoms with Crippen molar-refractivity contribution in [2.24, 2.45) is 5.92 Å². The van der Waals surface area contributed by atoms with Gasteiger partial charge in [0.25, 0.3) is 11.6 Å². The predicted molar refractivity (Wildman–Crippen MR) is 80.5 cm³/mol. The Balaban J connectivity index is 2.76. The molecule has 2 N–H and O–H groups in total. The maximum absolute atomic E-state index is 12.1. The van der Waals surface area contributed by atoms with Crippen molar-refractivity contribution < 1.29 is 14.8 Å². The Bertz CT molecular complexity index is 502. The van der Waals surface area contributed by atoms with Crippen LogP contribution in [-0.4, -0.2) is 29.1 Å². The number of hydrogen-bond acceptors (Lipinski definition) is 4. The number of rotatable bonds is 8. The molecule has 0 bridgehead atoms. The maximum Gasteiger partial charge on any atom is 0.288 e. The molecule has 0 aliphatic rings. The number of carbonyl (C=O) groups excluding carboxylic acids is 1. The molecule has 6 nitrogen and oxygen atoms in total. The van der Waals surface area contributed by atoms with Crippen LogP contribution in [0, 0.1) is 16.0 Å². The molecule has 0 aliphatic heterocycles. The zero-order valence-electron chi connectivity index (χ0n) is 11.8. The lowest BCUT2D eigenvalue weighted by molar-refractivity contribution is -0.384. The Labute approximate surface area is 128 Å². The first-order chi connectivity index (χ1) is 10.0. The largest absolute Gasteiger partial charge is 0.396 e. The lowest BCUT2D eigenvalue weighted by Gasteiger charge is -2.15. The second-order valence-electron chi connectivity index (χ2n) is 4.77. The molecule has 1 aromatic rings. The number of halogens is 1. The van der Waals surface area contributed by atoms with E-state index in [0.29, 0.717) is 13.0 Å². The van der Waals surface area contributed by atoms with Crippen LogP contribution in [0.2, 0.25) is 5.02 Å². The lowest BCUT2D eigenvalue weighted by atomic mass is 10.00. The Morgan fingerprint density at radius 1 is 1.48 bits per heavy atom. The van der Waals surface area contributed by atoms with Gasteiger partial charge in [-0.25, -0.2) is 0 Å². The zero-order valence-corrected chi connectivity index (χ0v) is 12.6. The van der Waals surface area contributed by atoms with Crippen molar-refractivity contribution in [3.63, 3.8) is 0 Å². The van der Waals surface area contributed by atoms with E-state index in [1.165, 1.54) is 18.2 Å². The molecule has 1 atom stereocenters. The van der Waals surface area contributed by atoms with Crippen molar-refractivity contribution in [2.75, 3.05) is 13.2 Å². The molecule has 0 aliphatic carbocycles. The highest BCUT2D eigenvalue weighted by atomic mass is 35.5. The minimum atomic E-state index is -0.620. The third-order valence-corrected chi connectivity index (χ3v) is 3.60. The van der Waals surface area contributed by atoms with Gasteiger partial charge in [0.1, 0.15) is 5.02 Å². The number of amides is 1. The summed E-state index contributed by atoms with van der Waals surface area (Å²) in [4.78, 5) is 22.2. The Kier molecular flexibility index (Phi) is 7.11. The number of aliphatic hydroxyl groups excluding tert-OH is 1. The molecule has 1 aromatic carbocycles. The van der Waals surface area contributed by atoms with Crippen molar-refractivity contribution >= 4 is 23.2 Å². The van der Waals surface area contributed by atoms with Crippen LogP contribution in [-0.2, 0) is 0 Å². The van der Waals surface area contributed by atoms with Gasteiger partial charge >= 0.3 is 0 Å². The summed E-state index contributed by atoms with van der Waals surface area (Å²) in [6.07, 6.45) is 2.46. The van der Waals surface area contributed by atoms with Crippen LogP contribution in [0.5, 0.6) is 0 Å². The van der Waals surface area contributed by atoms with E-state index in [1.807, 2.05) is 6.92 Å². The molecule has 0 radical (unpaired) electrons. The van der Waals surface area contributed by atoms with Crippen LogP contribution in [0.4, 0.5) is 5.69 Å². The average Bonchev–Trinajstić information content (AvgIpc) is 2.44. The van der Waals surface area contributed by atoms with Gasteiger partial charge in [-0.1, -0.05) is 31.0 Å². The van der Waals surface area contributed by atoms with E-state index < -0.39 is 10.8 Å².